The van der Waals surface area contributed by atoms with Gasteiger partial charge in [-0.15, -0.1) is 0 Å². The molecule has 1 aromatic heterocycles. The molecule has 4 heteroatoms. The summed E-state index contributed by atoms with van der Waals surface area (Å²) >= 11 is 0. The molecule has 0 saturated heterocycles. The van der Waals surface area contributed by atoms with Gasteiger partial charge in [-0.25, -0.2) is 8.78 Å². The van der Waals surface area contributed by atoms with E-state index >= 15 is 0 Å². The average Bonchev–Trinajstić information content (AvgIpc) is 2.73. The molecule has 2 nitrogen and oxygen atoms in total. The Hall–Kier alpha value is -1.68. The van der Waals surface area contributed by atoms with Gasteiger partial charge in [0.05, 0.1) is 0 Å². The van der Waals surface area contributed by atoms with Crippen molar-refractivity contribution in [3.8, 4) is 0 Å². The van der Waals surface area contributed by atoms with Crippen molar-refractivity contribution in [1.82, 2.24) is 9.88 Å². The van der Waals surface area contributed by atoms with Crippen LogP contribution in [-0.4, -0.2) is 30.0 Å². The van der Waals surface area contributed by atoms with E-state index in [9.17, 15) is 8.78 Å². The lowest BCUT2D eigenvalue weighted by atomic mass is 10.1. The number of nitrogens with zero attached hydrogens (tertiary/aromatic N) is 1. The van der Waals surface area contributed by atoms with Crippen molar-refractivity contribution in [2.45, 2.75) is 6.42 Å². The molecule has 2 aromatic rings. The van der Waals surface area contributed by atoms with Crippen LogP contribution in [0.1, 0.15) is 12.1 Å². The van der Waals surface area contributed by atoms with Gasteiger partial charge < -0.3 is 9.88 Å². The number of hydrogen-bond donors (Lipinski definition) is 1. The zero-order valence-electron chi connectivity index (χ0n) is 10.1. The van der Waals surface area contributed by atoms with E-state index in [4.69, 9.17) is 0 Å². The number of nitrogens with one attached hydrogen (secondary N) is 1. The summed E-state index contributed by atoms with van der Waals surface area (Å²) in [4.78, 5) is 5.38. The molecule has 1 aromatic carbocycles. The Labute approximate surface area is 104 Å². The summed E-state index contributed by atoms with van der Waals surface area (Å²) < 4.78 is 26.3. The molecule has 0 atom stereocenters. The van der Waals surface area contributed by atoms with E-state index in [0.717, 1.165) is 25.2 Å². The summed E-state index contributed by atoms with van der Waals surface area (Å²) in [6.45, 7) is 1.91. The van der Waals surface area contributed by atoms with Gasteiger partial charge in [0, 0.05) is 35.8 Å². The first-order valence-corrected chi connectivity index (χ1v) is 5.99. The van der Waals surface area contributed by atoms with Crippen LogP contribution in [0.15, 0.2) is 24.3 Å². The number of rotatable bonds is 1. The maximum Gasteiger partial charge on any atom is 0.160 e. The fourth-order valence-corrected chi connectivity index (χ4v) is 2.31. The van der Waals surface area contributed by atoms with E-state index in [0.29, 0.717) is 10.9 Å². The number of fused-ring (bicyclic) bond motifs is 1. The lowest BCUT2D eigenvalue weighted by Gasteiger charge is -2.21. The van der Waals surface area contributed by atoms with Crippen LogP contribution in [0, 0.1) is 11.6 Å². The monoisotopic (exact) mass is 248 g/mol. The second kappa shape index (κ2) is 4.21. The zero-order valence-corrected chi connectivity index (χ0v) is 10.1. The summed E-state index contributed by atoms with van der Waals surface area (Å²) in [5.41, 5.74) is 2.82. The molecule has 0 fully saturated rings. The molecule has 0 spiro atoms. The van der Waals surface area contributed by atoms with Crippen LogP contribution < -0.4 is 0 Å². The fraction of sp³-hybridized carbons (Fsp3) is 0.286. The molecule has 1 aliphatic rings. The van der Waals surface area contributed by atoms with Crippen molar-refractivity contribution in [2.24, 2.45) is 0 Å². The van der Waals surface area contributed by atoms with Gasteiger partial charge in [-0.2, -0.15) is 0 Å². The average molecular weight is 248 g/mol. The second-order valence-corrected chi connectivity index (χ2v) is 4.78. The minimum Gasteiger partial charge on any atom is -0.355 e. The first kappa shape index (κ1) is 11.4. The van der Waals surface area contributed by atoms with Gasteiger partial charge in [-0.3, -0.25) is 0 Å². The van der Waals surface area contributed by atoms with Gasteiger partial charge in [-0.1, -0.05) is 6.08 Å². The Bertz CT molecular complexity index is 589. The normalized spacial score (nSPS) is 17.2. The molecule has 0 bridgehead atoms. The quantitative estimate of drug-likeness (QED) is 0.821. The molecule has 18 heavy (non-hydrogen) atoms. The van der Waals surface area contributed by atoms with Crippen molar-refractivity contribution in [2.75, 3.05) is 20.1 Å². The van der Waals surface area contributed by atoms with Crippen LogP contribution in [0.25, 0.3) is 16.5 Å². The lowest BCUT2D eigenvalue weighted by molar-refractivity contribution is 0.370. The number of aromatic nitrogens is 1. The number of halogens is 2. The highest BCUT2D eigenvalue weighted by atomic mass is 19.2. The largest absolute Gasteiger partial charge is 0.355 e. The van der Waals surface area contributed by atoms with Gasteiger partial charge in [0.25, 0.3) is 0 Å². The standard InChI is InChI=1S/C14H14F2N2/c1-18-4-2-9(3-5-18)13-7-10-6-11(15)12(16)8-14(10)17-13/h2,6-8,17H,3-5H2,1H3. The van der Waals surface area contributed by atoms with E-state index in [-0.39, 0.29) is 0 Å². The Morgan fingerprint density at radius 1 is 1.17 bits per heavy atom. The van der Waals surface area contributed by atoms with Crippen LogP contribution in [-0.2, 0) is 0 Å². The maximum atomic E-state index is 13.1. The van der Waals surface area contributed by atoms with Gasteiger partial charge in [0.1, 0.15) is 0 Å². The molecule has 94 valence electrons. The zero-order chi connectivity index (χ0) is 12.7. The smallest absolute Gasteiger partial charge is 0.160 e. The number of likely N-dealkylation sites (N-methyl/N-ethyl adjacent to an activating group) is 1. The number of H-pyrrole nitrogens is 1. The predicted molar refractivity (Wildman–Crippen MR) is 68.3 cm³/mol. The van der Waals surface area contributed by atoms with Crippen molar-refractivity contribution in [3.63, 3.8) is 0 Å². The van der Waals surface area contributed by atoms with Crippen LogP contribution in [0.4, 0.5) is 8.78 Å². The molecule has 0 unspecified atom stereocenters. The number of benzene rings is 1. The topological polar surface area (TPSA) is 19.0 Å². The molecule has 2 heterocycles. The third kappa shape index (κ3) is 1.93. The van der Waals surface area contributed by atoms with E-state index < -0.39 is 11.6 Å². The highest BCUT2D eigenvalue weighted by Crippen LogP contribution is 2.26. The highest BCUT2D eigenvalue weighted by molar-refractivity contribution is 5.85. The van der Waals surface area contributed by atoms with Gasteiger partial charge in [0.15, 0.2) is 11.6 Å². The summed E-state index contributed by atoms with van der Waals surface area (Å²) in [6.07, 6.45) is 3.11. The Balaban J connectivity index is 2.03. The van der Waals surface area contributed by atoms with Crippen LogP contribution in [0.3, 0.4) is 0 Å². The third-order valence-corrected chi connectivity index (χ3v) is 3.42. The highest BCUT2D eigenvalue weighted by Gasteiger charge is 2.13. The first-order chi connectivity index (χ1) is 8.63. The molecule has 3 rings (SSSR count). The van der Waals surface area contributed by atoms with Crippen LogP contribution in [0.2, 0.25) is 0 Å². The van der Waals surface area contributed by atoms with Crippen molar-refractivity contribution >= 4 is 16.5 Å². The van der Waals surface area contributed by atoms with E-state index in [2.05, 4.69) is 23.0 Å². The lowest BCUT2D eigenvalue weighted by Crippen LogP contribution is -2.23. The Morgan fingerprint density at radius 3 is 2.67 bits per heavy atom. The van der Waals surface area contributed by atoms with Crippen molar-refractivity contribution in [1.29, 1.82) is 0 Å². The van der Waals surface area contributed by atoms with E-state index in [1.807, 2.05) is 6.07 Å². The maximum absolute atomic E-state index is 13.1. The van der Waals surface area contributed by atoms with Gasteiger partial charge in [-0.05, 0) is 31.2 Å². The van der Waals surface area contributed by atoms with Gasteiger partial charge >= 0.3 is 0 Å². The second-order valence-electron chi connectivity index (χ2n) is 4.78. The minimum absolute atomic E-state index is 0.642. The summed E-state index contributed by atoms with van der Waals surface area (Å²) in [7, 11) is 2.07. The fourth-order valence-electron chi connectivity index (χ4n) is 2.31. The molecule has 0 radical (unpaired) electrons. The minimum atomic E-state index is -0.812. The summed E-state index contributed by atoms with van der Waals surface area (Å²) in [6, 6.07) is 4.33. The number of aromatic amines is 1. The molecule has 1 N–H and O–H groups in total. The Kier molecular flexibility index (Phi) is 2.67. The van der Waals surface area contributed by atoms with Gasteiger partial charge in [0.2, 0.25) is 0 Å². The molecule has 1 aliphatic heterocycles. The molecular formula is C14H14F2N2. The molecular weight excluding hydrogens is 234 g/mol. The SMILES string of the molecule is CN1CC=C(c2cc3cc(F)c(F)cc3[nH]2)CC1. The summed E-state index contributed by atoms with van der Waals surface area (Å²) in [5, 5.41) is 0.712. The van der Waals surface area contributed by atoms with Crippen LogP contribution >= 0.6 is 0 Å². The summed E-state index contributed by atoms with van der Waals surface area (Å²) in [5.74, 6) is -1.61. The van der Waals surface area contributed by atoms with E-state index in [1.165, 1.54) is 17.7 Å². The molecule has 0 aliphatic carbocycles. The van der Waals surface area contributed by atoms with Crippen molar-refractivity contribution < 1.29 is 8.78 Å². The molecule has 0 saturated carbocycles. The molecule has 0 amide bonds. The van der Waals surface area contributed by atoms with E-state index in [1.54, 1.807) is 0 Å². The predicted octanol–water partition coefficient (Wildman–Crippen LogP) is 3.17. The third-order valence-electron chi connectivity index (χ3n) is 3.42. The van der Waals surface area contributed by atoms with Crippen molar-refractivity contribution in [3.05, 3.63) is 41.6 Å². The van der Waals surface area contributed by atoms with Crippen LogP contribution in [0.5, 0.6) is 0 Å². The number of hydrogen-bond acceptors (Lipinski definition) is 1. The Morgan fingerprint density at radius 2 is 1.94 bits per heavy atom. The first-order valence-electron chi connectivity index (χ1n) is 5.99.